The van der Waals surface area contributed by atoms with E-state index in [4.69, 9.17) is 10.9 Å². The Bertz CT molecular complexity index is 418. The van der Waals surface area contributed by atoms with Crippen molar-refractivity contribution in [2.24, 2.45) is 5.84 Å². The van der Waals surface area contributed by atoms with Gasteiger partial charge in [0.15, 0.2) is 0 Å². The van der Waals surface area contributed by atoms with Crippen LogP contribution in [0.1, 0.15) is 12.2 Å². The van der Waals surface area contributed by atoms with E-state index in [1.807, 2.05) is 0 Å². The van der Waals surface area contributed by atoms with Crippen LogP contribution in [0.2, 0.25) is 0 Å². The van der Waals surface area contributed by atoms with Crippen molar-refractivity contribution in [3.63, 3.8) is 0 Å². The van der Waals surface area contributed by atoms with Crippen molar-refractivity contribution in [3.05, 3.63) is 11.9 Å². The number of thioether (sulfide) groups is 1. The summed E-state index contributed by atoms with van der Waals surface area (Å²) in [5, 5.41) is 11.4. The molecular weight excluding hydrogens is 295 g/mol. The van der Waals surface area contributed by atoms with Crippen LogP contribution >= 0.6 is 11.8 Å². The summed E-state index contributed by atoms with van der Waals surface area (Å²) in [4.78, 5) is 6.64. The van der Waals surface area contributed by atoms with Crippen LogP contribution in [0.15, 0.2) is 6.07 Å². The first-order valence-corrected chi connectivity index (χ1v) is 6.98. The van der Waals surface area contributed by atoms with Gasteiger partial charge in [-0.2, -0.15) is 24.9 Å². The number of nitrogens with zero attached hydrogens (tertiary/aromatic N) is 2. The molecule has 1 aromatic heterocycles. The molecule has 0 saturated heterocycles. The molecule has 0 fully saturated rings. The van der Waals surface area contributed by atoms with Crippen LogP contribution in [0.4, 0.5) is 24.8 Å². The molecule has 0 saturated carbocycles. The molecule has 10 heteroatoms. The minimum absolute atomic E-state index is 0.0584. The van der Waals surface area contributed by atoms with Crippen molar-refractivity contribution in [1.82, 2.24) is 9.97 Å². The minimum Gasteiger partial charge on any atom is -0.396 e. The average Bonchev–Trinajstić information content (AvgIpc) is 2.41. The van der Waals surface area contributed by atoms with Crippen LogP contribution < -0.4 is 16.6 Å². The highest BCUT2D eigenvalue weighted by atomic mass is 32.2. The average molecular weight is 311 g/mol. The molecule has 0 bridgehead atoms. The van der Waals surface area contributed by atoms with E-state index in [2.05, 4.69) is 20.7 Å². The van der Waals surface area contributed by atoms with Gasteiger partial charge in [-0.3, -0.25) is 0 Å². The summed E-state index contributed by atoms with van der Waals surface area (Å²) >= 11 is 1.59. The lowest BCUT2D eigenvalue weighted by atomic mass is 10.4. The number of hydrogen-bond donors (Lipinski definition) is 4. The number of alkyl halides is 3. The van der Waals surface area contributed by atoms with Gasteiger partial charge in [-0.05, 0) is 12.2 Å². The molecule has 0 amide bonds. The maximum atomic E-state index is 12.6. The van der Waals surface area contributed by atoms with E-state index in [1.54, 1.807) is 11.8 Å². The number of hydrazine groups is 1. The van der Waals surface area contributed by atoms with Crippen molar-refractivity contribution < 1.29 is 18.3 Å². The Morgan fingerprint density at radius 1 is 1.25 bits per heavy atom. The Morgan fingerprint density at radius 3 is 2.55 bits per heavy atom. The van der Waals surface area contributed by atoms with E-state index in [0.29, 0.717) is 18.7 Å². The Balaban J connectivity index is 2.56. The molecule has 1 rings (SSSR count). The standard InChI is InChI=1S/C10H16F3N5OS/c11-10(12,13)9-16-7(6-8(17-9)18-14)15-2-5-20-4-1-3-19/h6,19H,1-5,14H2,(H2,15,16,17,18). The van der Waals surface area contributed by atoms with Gasteiger partial charge < -0.3 is 15.8 Å². The molecule has 0 atom stereocenters. The Morgan fingerprint density at radius 2 is 1.95 bits per heavy atom. The fourth-order valence-corrected chi connectivity index (χ4v) is 2.04. The second-order valence-corrected chi connectivity index (χ2v) is 4.95. The molecule has 0 spiro atoms. The highest BCUT2D eigenvalue weighted by molar-refractivity contribution is 7.99. The zero-order chi connectivity index (χ0) is 15.0. The maximum Gasteiger partial charge on any atom is 0.451 e. The Hall–Kier alpha value is -1.26. The molecule has 0 aliphatic carbocycles. The molecule has 0 unspecified atom stereocenters. The van der Waals surface area contributed by atoms with Gasteiger partial charge in [-0.1, -0.05) is 0 Å². The van der Waals surface area contributed by atoms with E-state index in [9.17, 15) is 13.2 Å². The predicted octanol–water partition coefficient (Wildman–Crippen LogP) is 1.31. The first kappa shape index (κ1) is 16.8. The van der Waals surface area contributed by atoms with Gasteiger partial charge >= 0.3 is 6.18 Å². The van der Waals surface area contributed by atoms with Crippen molar-refractivity contribution in [2.75, 3.05) is 35.4 Å². The van der Waals surface area contributed by atoms with Gasteiger partial charge in [0.05, 0.1) is 0 Å². The summed E-state index contributed by atoms with van der Waals surface area (Å²) < 4.78 is 37.7. The van der Waals surface area contributed by atoms with Crippen LogP contribution in [0.5, 0.6) is 0 Å². The summed E-state index contributed by atoms with van der Waals surface area (Å²) in [6.07, 6.45) is -3.93. The largest absolute Gasteiger partial charge is 0.451 e. The molecule has 1 heterocycles. The lowest BCUT2D eigenvalue weighted by Crippen LogP contribution is -2.17. The Kier molecular flexibility index (Phi) is 6.82. The van der Waals surface area contributed by atoms with Crippen LogP contribution in [-0.4, -0.2) is 39.7 Å². The fourth-order valence-electron chi connectivity index (χ4n) is 1.26. The summed E-state index contributed by atoms with van der Waals surface area (Å²) in [5.74, 6) is 5.27. The molecule has 0 aliphatic heterocycles. The van der Waals surface area contributed by atoms with E-state index >= 15 is 0 Å². The summed E-state index contributed by atoms with van der Waals surface area (Å²) in [6, 6.07) is 1.30. The highest BCUT2D eigenvalue weighted by Crippen LogP contribution is 2.28. The smallest absolute Gasteiger partial charge is 0.396 e. The maximum absolute atomic E-state index is 12.6. The summed E-state index contributed by atoms with van der Waals surface area (Å²) in [5.41, 5.74) is 2.07. The zero-order valence-electron chi connectivity index (χ0n) is 10.6. The van der Waals surface area contributed by atoms with E-state index in [0.717, 1.165) is 5.75 Å². The first-order valence-electron chi connectivity index (χ1n) is 5.82. The molecule has 114 valence electrons. The number of hydrogen-bond acceptors (Lipinski definition) is 7. The van der Waals surface area contributed by atoms with Crippen LogP contribution in [0.3, 0.4) is 0 Å². The normalized spacial score (nSPS) is 11.4. The lowest BCUT2D eigenvalue weighted by Gasteiger charge is -2.11. The van der Waals surface area contributed by atoms with E-state index in [-0.39, 0.29) is 18.2 Å². The second-order valence-electron chi connectivity index (χ2n) is 3.72. The number of aromatic nitrogens is 2. The topological polar surface area (TPSA) is 96.1 Å². The predicted molar refractivity (Wildman–Crippen MR) is 72.4 cm³/mol. The van der Waals surface area contributed by atoms with Gasteiger partial charge in [0.1, 0.15) is 11.6 Å². The second kappa shape index (κ2) is 8.12. The van der Waals surface area contributed by atoms with Gasteiger partial charge in [0, 0.05) is 25.0 Å². The molecule has 0 aliphatic rings. The van der Waals surface area contributed by atoms with Crippen LogP contribution in [0.25, 0.3) is 0 Å². The number of halogens is 3. The molecular formula is C10H16F3N5OS. The highest BCUT2D eigenvalue weighted by Gasteiger charge is 2.35. The van der Waals surface area contributed by atoms with Crippen molar-refractivity contribution in [1.29, 1.82) is 0 Å². The minimum atomic E-state index is -4.63. The van der Waals surface area contributed by atoms with E-state index in [1.165, 1.54) is 6.07 Å². The number of nitrogens with one attached hydrogen (secondary N) is 2. The molecule has 5 N–H and O–H groups in total. The third kappa shape index (κ3) is 5.80. The van der Waals surface area contributed by atoms with Crippen LogP contribution in [-0.2, 0) is 6.18 Å². The molecule has 0 radical (unpaired) electrons. The van der Waals surface area contributed by atoms with E-state index < -0.39 is 12.0 Å². The number of anilines is 2. The summed E-state index contributed by atoms with van der Waals surface area (Å²) in [7, 11) is 0. The van der Waals surface area contributed by atoms with Crippen molar-refractivity contribution in [2.45, 2.75) is 12.6 Å². The Labute approximate surface area is 118 Å². The van der Waals surface area contributed by atoms with Crippen molar-refractivity contribution >= 4 is 23.4 Å². The van der Waals surface area contributed by atoms with Crippen molar-refractivity contribution in [3.8, 4) is 0 Å². The SMILES string of the molecule is NNc1cc(NCCSCCCO)nc(C(F)(F)F)n1. The van der Waals surface area contributed by atoms with Gasteiger partial charge in [0.2, 0.25) is 5.82 Å². The van der Waals surface area contributed by atoms with Gasteiger partial charge in [-0.25, -0.2) is 15.8 Å². The van der Waals surface area contributed by atoms with Crippen LogP contribution in [0, 0.1) is 0 Å². The third-order valence-corrected chi connectivity index (χ3v) is 3.20. The first-order chi connectivity index (χ1) is 9.47. The van der Waals surface area contributed by atoms with Gasteiger partial charge in [0.25, 0.3) is 0 Å². The number of nitrogens with two attached hydrogens (primary N) is 1. The number of rotatable bonds is 8. The molecule has 6 nitrogen and oxygen atoms in total. The molecule has 0 aromatic carbocycles. The third-order valence-electron chi connectivity index (χ3n) is 2.13. The van der Waals surface area contributed by atoms with Gasteiger partial charge in [-0.15, -0.1) is 0 Å². The summed E-state index contributed by atoms with van der Waals surface area (Å²) in [6.45, 7) is 0.585. The lowest BCUT2D eigenvalue weighted by molar-refractivity contribution is -0.144. The fraction of sp³-hybridized carbons (Fsp3) is 0.600. The number of aliphatic hydroxyl groups is 1. The number of nitrogen functional groups attached to an aromatic ring is 1. The molecule has 1 aromatic rings. The molecule has 20 heavy (non-hydrogen) atoms. The quantitative estimate of drug-likeness (QED) is 0.326. The number of aliphatic hydroxyl groups excluding tert-OH is 1. The zero-order valence-corrected chi connectivity index (χ0v) is 11.4. The monoisotopic (exact) mass is 311 g/mol.